The number of amides is 10. The van der Waals surface area contributed by atoms with E-state index in [4.69, 9.17) is 51.6 Å². The van der Waals surface area contributed by atoms with Crippen LogP contribution in [0.5, 0.6) is 5.75 Å². The highest BCUT2D eigenvalue weighted by Gasteiger charge is 2.35. The van der Waals surface area contributed by atoms with Crippen molar-refractivity contribution in [3.05, 3.63) is 29.8 Å². The number of phenols is 1. The maximum Gasteiger partial charge on any atom is 0.243 e. The molecule has 0 spiro atoms. The Morgan fingerprint density at radius 2 is 0.893 bits per heavy atom. The Morgan fingerprint density at radius 1 is 0.493 bits per heavy atom. The van der Waals surface area contributed by atoms with Crippen LogP contribution in [0, 0.1) is 5.92 Å². The van der Waals surface area contributed by atoms with Gasteiger partial charge in [-0.15, -0.1) is 0 Å². The smallest absolute Gasteiger partial charge is 0.243 e. The summed E-state index contributed by atoms with van der Waals surface area (Å²) in [4.78, 5) is 137. The maximum atomic E-state index is 14.2. The SMILES string of the molecule is CC(C)C(NC(=O)C(CCCN=C(N)N)NC(=O)C(CCC(N)=O)NC(=O)C(CCCCN)NC(=O)C(N)Cc1ccc(O)cc1)C(=O)NC(CCCCN)C(=O)NC(CC(N)=O)C(=O)NC(CCCCN)C(N)=O. The van der Waals surface area contributed by atoms with Gasteiger partial charge in [-0.2, -0.15) is 0 Å². The summed E-state index contributed by atoms with van der Waals surface area (Å²) in [7, 11) is 0. The highest BCUT2D eigenvalue weighted by Crippen LogP contribution is 2.13. The average molecular weight is 1060 g/mol. The van der Waals surface area contributed by atoms with Crippen LogP contribution in [0.1, 0.15) is 109 Å². The monoisotopic (exact) mass is 1060 g/mol. The van der Waals surface area contributed by atoms with E-state index in [-0.39, 0.29) is 76.3 Å². The van der Waals surface area contributed by atoms with E-state index in [2.05, 4.69) is 42.2 Å². The van der Waals surface area contributed by atoms with Gasteiger partial charge in [0.1, 0.15) is 48.0 Å². The second-order valence-electron chi connectivity index (χ2n) is 18.5. The zero-order chi connectivity index (χ0) is 56.6. The molecule has 0 aromatic heterocycles. The van der Waals surface area contributed by atoms with E-state index in [1.54, 1.807) is 26.0 Å². The number of aliphatic imine (C=N–C) groups is 1. The molecule has 10 amide bonds. The predicted octanol–water partition coefficient (Wildman–Crippen LogP) is -5.62. The quantitative estimate of drug-likeness (QED) is 0.0166. The number of nitrogens with two attached hydrogens (primary N) is 9. The van der Waals surface area contributed by atoms with E-state index in [0.29, 0.717) is 50.6 Å². The van der Waals surface area contributed by atoms with Crippen molar-refractivity contribution in [3.8, 4) is 5.75 Å². The summed E-state index contributed by atoms with van der Waals surface area (Å²) < 4.78 is 0. The van der Waals surface area contributed by atoms with Crippen molar-refractivity contribution in [3.63, 3.8) is 0 Å². The average Bonchev–Trinajstić information content (AvgIpc) is 3.34. The number of unbranched alkanes of at least 4 members (excludes halogenated alkanes) is 3. The van der Waals surface area contributed by atoms with E-state index < -0.39 is 126 Å². The zero-order valence-electron chi connectivity index (χ0n) is 43.1. The summed E-state index contributed by atoms with van der Waals surface area (Å²) in [6.45, 7) is 4.01. The van der Waals surface area contributed by atoms with E-state index in [1.807, 2.05) is 0 Å². The number of nitrogens with zero attached hydrogens (tertiary/aromatic N) is 1. The largest absolute Gasteiger partial charge is 0.508 e. The maximum absolute atomic E-state index is 14.2. The van der Waals surface area contributed by atoms with Gasteiger partial charge in [0.15, 0.2) is 5.96 Å². The van der Waals surface area contributed by atoms with Crippen LogP contribution in [0.15, 0.2) is 29.3 Å². The Bertz CT molecular complexity index is 2060. The van der Waals surface area contributed by atoms with Crippen molar-refractivity contribution in [1.29, 1.82) is 0 Å². The number of nitrogens with one attached hydrogen (secondary N) is 7. The lowest BCUT2D eigenvalue weighted by Gasteiger charge is -2.29. The van der Waals surface area contributed by atoms with Crippen LogP contribution < -0.4 is 88.8 Å². The molecular weight excluding hydrogens is 979 g/mol. The number of guanidine groups is 1. The Hall–Kier alpha value is -7.17. The summed E-state index contributed by atoms with van der Waals surface area (Å²) in [5.74, 6) is -9.65. The van der Waals surface area contributed by atoms with Crippen molar-refractivity contribution >= 4 is 65.0 Å². The van der Waals surface area contributed by atoms with Gasteiger partial charge in [-0.25, -0.2) is 0 Å². The number of aromatic hydroxyl groups is 1. The van der Waals surface area contributed by atoms with Crippen molar-refractivity contribution in [2.75, 3.05) is 26.2 Å². The molecule has 8 unspecified atom stereocenters. The van der Waals surface area contributed by atoms with Gasteiger partial charge in [0.05, 0.1) is 12.5 Å². The third-order valence-electron chi connectivity index (χ3n) is 11.7. The summed E-state index contributed by atoms with van der Waals surface area (Å²) in [5.41, 5.74) is 51.1. The summed E-state index contributed by atoms with van der Waals surface area (Å²) in [5, 5.41) is 27.5. The minimum atomic E-state index is -1.60. The fraction of sp³-hybridized carbons (Fsp3) is 0.638. The Labute approximate surface area is 437 Å². The normalized spacial score (nSPS) is 14.2. The summed E-state index contributed by atoms with van der Waals surface area (Å²) in [6, 6.07) is -4.78. The van der Waals surface area contributed by atoms with E-state index in [9.17, 15) is 53.1 Å². The van der Waals surface area contributed by atoms with Crippen LogP contribution in [-0.4, -0.2) is 145 Å². The number of carbonyl (C=O) groups excluding carboxylic acids is 10. The van der Waals surface area contributed by atoms with E-state index in [1.165, 1.54) is 12.1 Å². The summed E-state index contributed by atoms with van der Waals surface area (Å²) in [6.07, 6.45) is 1.32. The second-order valence-corrected chi connectivity index (χ2v) is 18.5. The van der Waals surface area contributed by atoms with Crippen molar-refractivity contribution in [1.82, 2.24) is 37.2 Å². The molecule has 28 nitrogen and oxygen atoms in total. The number of hydrogen-bond donors (Lipinski definition) is 17. The summed E-state index contributed by atoms with van der Waals surface area (Å²) >= 11 is 0. The molecule has 0 aliphatic carbocycles. The van der Waals surface area contributed by atoms with Crippen molar-refractivity contribution in [2.24, 2.45) is 62.5 Å². The molecule has 0 aliphatic rings. The van der Waals surface area contributed by atoms with Gasteiger partial charge < -0.3 is 93.9 Å². The number of benzene rings is 1. The third kappa shape index (κ3) is 27.1. The number of rotatable bonds is 39. The number of hydrogen-bond acceptors (Lipinski definition) is 16. The van der Waals surface area contributed by atoms with Crippen molar-refractivity contribution < 1.29 is 53.1 Å². The molecule has 0 bridgehead atoms. The minimum absolute atomic E-state index is 0.00279. The van der Waals surface area contributed by atoms with Crippen LogP contribution >= 0.6 is 0 Å². The lowest BCUT2D eigenvalue weighted by atomic mass is 10.00. The molecule has 0 fully saturated rings. The molecule has 0 radical (unpaired) electrons. The van der Waals surface area contributed by atoms with Gasteiger partial charge in [0.2, 0.25) is 59.1 Å². The second kappa shape index (κ2) is 35.9. The van der Waals surface area contributed by atoms with Crippen LogP contribution in [0.25, 0.3) is 0 Å². The number of carbonyl (C=O) groups is 10. The Kier molecular flexibility index (Phi) is 31.5. The first-order valence-electron chi connectivity index (χ1n) is 25.1. The molecule has 75 heavy (non-hydrogen) atoms. The van der Waals surface area contributed by atoms with Crippen LogP contribution in [0.2, 0.25) is 0 Å². The molecule has 0 saturated heterocycles. The molecule has 0 aliphatic heterocycles. The van der Waals surface area contributed by atoms with Gasteiger partial charge >= 0.3 is 0 Å². The fourth-order valence-corrected chi connectivity index (χ4v) is 7.44. The molecule has 8 atom stereocenters. The van der Waals surface area contributed by atoms with Crippen LogP contribution in [0.4, 0.5) is 0 Å². The molecule has 1 aromatic carbocycles. The van der Waals surface area contributed by atoms with Gasteiger partial charge in [-0.3, -0.25) is 52.9 Å². The Morgan fingerprint density at radius 3 is 1.33 bits per heavy atom. The molecule has 0 heterocycles. The van der Waals surface area contributed by atoms with Gasteiger partial charge in [0.25, 0.3) is 0 Å². The molecule has 28 heteroatoms. The minimum Gasteiger partial charge on any atom is -0.508 e. The number of phenolic OH excluding ortho intramolecular Hbond substituents is 1. The molecule has 1 aromatic rings. The first-order chi connectivity index (χ1) is 35.4. The van der Waals surface area contributed by atoms with Crippen molar-refractivity contribution in [2.45, 2.75) is 158 Å². The third-order valence-corrected chi connectivity index (χ3v) is 11.7. The molecule has 0 saturated carbocycles. The Balaban J connectivity index is 3.50. The molecule has 26 N–H and O–H groups in total. The van der Waals surface area contributed by atoms with Crippen LogP contribution in [-0.2, 0) is 54.4 Å². The van der Waals surface area contributed by atoms with E-state index >= 15 is 0 Å². The molecule has 1 rings (SSSR count). The van der Waals surface area contributed by atoms with Crippen LogP contribution in [0.3, 0.4) is 0 Å². The first kappa shape index (κ1) is 65.8. The first-order valence-corrected chi connectivity index (χ1v) is 25.1. The lowest BCUT2D eigenvalue weighted by molar-refractivity contribution is -0.136. The highest BCUT2D eigenvalue weighted by molar-refractivity contribution is 5.98. The molecular formula is C47H83N17O11. The topological polar surface area (TPSA) is 522 Å². The lowest BCUT2D eigenvalue weighted by Crippen LogP contribution is -2.61. The predicted molar refractivity (Wildman–Crippen MR) is 278 cm³/mol. The van der Waals surface area contributed by atoms with Gasteiger partial charge in [-0.05, 0) is 127 Å². The highest BCUT2D eigenvalue weighted by atomic mass is 16.3. The standard InChI is InChI=1S/C47H83N17O11/c1-26(2)38(46(75)62-32(12-5-8-22-50)42(71)63-35(25-37(53)67)45(74)58-30(39(54)68)10-3-6-20-48)64-44(73)33(13-9-23-57-47(55)56)60-43(72)34(18-19-36(52)66)61-41(70)31(11-4-7-21-49)59-40(69)29(51)24-27-14-16-28(65)17-15-27/h14-17,26,29-35,38,65H,3-13,18-25,48-51H2,1-2H3,(H2,52,66)(H2,53,67)(H2,54,68)(H,58,74)(H,59,69)(H,60,72)(H,61,70)(H,62,75)(H,63,71)(H,64,73)(H4,55,56,57). The zero-order valence-corrected chi connectivity index (χ0v) is 43.1. The fourth-order valence-electron chi connectivity index (χ4n) is 7.44. The van der Waals surface area contributed by atoms with E-state index in [0.717, 1.165) is 0 Å². The number of primary amides is 3. The van der Waals surface area contributed by atoms with Gasteiger partial charge in [0, 0.05) is 13.0 Å². The molecule has 422 valence electrons. The van der Waals surface area contributed by atoms with Gasteiger partial charge in [-0.1, -0.05) is 26.0 Å².